The number of nitrogens with one attached hydrogen (secondary N) is 2. The van der Waals surface area contributed by atoms with Crippen LogP contribution in [-0.2, 0) is 16.4 Å². The lowest BCUT2D eigenvalue weighted by Crippen LogP contribution is -2.25. The van der Waals surface area contributed by atoms with Crippen molar-refractivity contribution < 1.29 is 22.8 Å². The molecule has 32 heavy (non-hydrogen) atoms. The van der Waals surface area contributed by atoms with E-state index in [4.69, 9.17) is 11.6 Å². The zero-order valence-corrected chi connectivity index (χ0v) is 18.0. The monoisotopic (exact) mass is 466 g/mol. The number of carbonyl (C=O) groups is 2. The van der Waals surface area contributed by atoms with Gasteiger partial charge in [-0.05, 0) is 12.5 Å². The average Bonchev–Trinajstić information content (AvgIpc) is 3.22. The molecule has 1 aliphatic rings. The predicted octanol–water partition coefficient (Wildman–Crippen LogP) is 3.56. The van der Waals surface area contributed by atoms with E-state index >= 15 is 0 Å². The second-order valence-corrected chi connectivity index (χ2v) is 8.51. The molecule has 0 saturated heterocycles. The van der Waals surface area contributed by atoms with Gasteiger partial charge in [0, 0.05) is 30.3 Å². The summed E-state index contributed by atoms with van der Waals surface area (Å²) in [5, 5.41) is 9.12. The molecule has 0 bridgehead atoms. The summed E-state index contributed by atoms with van der Waals surface area (Å²) in [6.07, 6.45) is -1.85. The van der Waals surface area contributed by atoms with Gasteiger partial charge in [-0.25, -0.2) is 14.5 Å². The van der Waals surface area contributed by atoms with Gasteiger partial charge in [-0.2, -0.15) is 18.3 Å². The van der Waals surface area contributed by atoms with Crippen molar-refractivity contribution in [2.24, 2.45) is 0 Å². The lowest BCUT2D eigenvalue weighted by Gasteiger charge is -2.19. The van der Waals surface area contributed by atoms with Crippen molar-refractivity contribution >= 4 is 34.7 Å². The lowest BCUT2D eigenvalue weighted by molar-refractivity contribution is -0.138. The van der Waals surface area contributed by atoms with Crippen molar-refractivity contribution in [2.45, 2.75) is 37.8 Å². The topological polar surface area (TPSA) is 101 Å². The fourth-order valence-electron chi connectivity index (χ4n) is 4.08. The Morgan fingerprint density at radius 3 is 2.59 bits per heavy atom. The van der Waals surface area contributed by atoms with Gasteiger partial charge in [0.05, 0.1) is 29.1 Å². The van der Waals surface area contributed by atoms with Crippen molar-refractivity contribution in [3.05, 3.63) is 52.2 Å². The third kappa shape index (κ3) is 3.66. The van der Waals surface area contributed by atoms with Crippen LogP contribution < -0.4 is 10.6 Å². The van der Waals surface area contributed by atoms with Gasteiger partial charge in [0.15, 0.2) is 10.8 Å². The highest BCUT2D eigenvalue weighted by atomic mass is 35.5. The highest BCUT2D eigenvalue weighted by Gasteiger charge is 2.43. The zero-order valence-electron chi connectivity index (χ0n) is 17.2. The van der Waals surface area contributed by atoms with E-state index in [2.05, 4.69) is 25.7 Å². The number of alkyl halides is 3. The lowest BCUT2D eigenvalue weighted by atomic mass is 9.88. The van der Waals surface area contributed by atoms with Gasteiger partial charge >= 0.3 is 6.18 Å². The maximum Gasteiger partial charge on any atom is 0.418 e. The van der Waals surface area contributed by atoms with Gasteiger partial charge < -0.3 is 10.6 Å². The van der Waals surface area contributed by atoms with E-state index in [1.54, 1.807) is 16.8 Å². The van der Waals surface area contributed by atoms with E-state index in [1.165, 1.54) is 7.05 Å². The molecular weight excluding hydrogens is 449 g/mol. The van der Waals surface area contributed by atoms with Crippen molar-refractivity contribution in [3.8, 4) is 0 Å². The number of aromatic nitrogens is 4. The molecule has 3 aromatic heterocycles. The molecule has 0 spiro atoms. The van der Waals surface area contributed by atoms with E-state index in [0.717, 1.165) is 11.9 Å². The molecule has 0 fully saturated rings. The number of halogens is 4. The van der Waals surface area contributed by atoms with Crippen LogP contribution in [-0.4, -0.2) is 38.4 Å². The number of fused-ring (bicyclic) bond motifs is 3. The molecule has 1 atom stereocenters. The smallest absolute Gasteiger partial charge is 0.354 e. The summed E-state index contributed by atoms with van der Waals surface area (Å²) in [4.78, 5) is 32.7. The molecule has 3 aromatic rings. The second kappa shape index (κ2) is 7.44. The van der Waals surface area contributed by atoms with E-state index in [-0.39, 0.29) is 10.8 Å². The predicted molar refractivity (Wildman–Crippen MR) is 110 cm³/mol. The molecule has 0 aromatic carbocycles. The van der Waals surface area contributed by atoms with Gasteiger partial charge in [-0.1, -0.05) is 25.4 Å². The summed E-state index contributed by atoms with van der Waals surface area (Å²) in [6, 6.07) is 2.30. The highest BCUT2D eigenvalue weighted by molar-refractivity contribution is 6.29. The number of hydrogen-bond acceptors (Lipinski definition) is 5. The molecule has 1 aliphatic carbocycles. The largest absolute Gasteiger partial charge is 0.418 e. The Labute approximate surface area is 185 Å². The summed E-state index contributed by atoms with van der Waals surface area (Å²) >= 11 is 6.00. The quantitative estimate of drug-likeness (QED) is 0.614. The van der Waals surface area contributed by atoms with Crippen LogP contribution in [0.3, 0.4) is 0 Å². The molecule has 0 saturated carbocycles. The van der Waals surface area contributed by atoms with Gasteiger partial charge in [0.2, 0.25) is 5.91 Å². The number of nitrogens with zero attached hydrogens (tertiary/aromatic N) is 4. The summed E-state index contributed by atoms with van der Waals surface area (Å²) in [5.74, 6) is -2.17. The van der Waals surface area contributed by atoms with E-state index in [9.17, 15) is 22.8 Å². The van der Waals surface area contributed by atoms with E-state index in [1.807, 2.05) is 13.8 Å². The summed E-state index contributed by atoms with van der Waals surface area (Å²) in [5.41, 5.74) is -0.732. The van der Waals surface area contributed by atoms with Crippen LogP contribution in [0.4, 0.5) is 18.9 Å². The Balaban J connectivity index is 1.69. The Morgan fingerprint density at radius 1 is 1.22 bits per heavy atom. The van der Waals surface area contributed by atoms with Crippen LogP contribution in [0.2, 0.25) is 5.15 Å². The number of pyridine rings is 1. The van der Waals surface area contributed by atoms with E-state index in [0.29, 0.717) is 23.7 Å². The first-order valence-corrected chi connectivity index (χ1v) is 9.95. The zero-order chi connectivity index (χ0) is 23.4. The van der Waals surface area contributed by atoms with Crippen LogP contribution in [0.1, 0.15) is 53.5 Å². The van der Waals surface area contributed by atoms with E-state index < -0.39 is 40.6 Å². The van der Waals surface area contributed by atoms with Gasteiger partial charge in [-0.15, -0.1) is 0 Å². The van der Waals surface area contributed by atoms with Crippen LogP contribution in [0, 0.1) is 0 Å². The third-order valence-electron chi connectivity index (χ3n) is 5.43. The maximum atomic E-state index is 13.5. The Morgan fingerprint density at radius 2 is 1.94 bits per heavy atom. The molecule has 2 amide bonds. The number of hydrogen-bond donors (Lipinski definition) is 2. The second-order valence-electron chi connectivity index (χ2n) is 8.13. The molecule has 0 aliphatic heterocycles. The number of carbonyl (C=O) groups excluding carboxylic acids is 2. The number of anilines is 1. The fourth-order valence-corrected chi connectivity index (χ4v) is 4.25. The van der Waals surface area contributed by atoms with Crippen molar-refractivity contribution in [1.29, 1.82) is 0 Å². The molecular formula is C20H18ClF3N6O2. The van der Waals surface area contributed by atoms with Crippen LogP contribution in [0.5, 0.6) is 0 Å². The van der Waals surface area contributed by atoms with Crippen LogP contribution >= 0.6 is 11.6 Å². The normalized spacial score (nSPS) is 17.3. The first-order chi connectivity index (χ1) is 14.9. The Bertz CT molecular complexity index is 1250. The minimum absolute atomic E-state index is 0.169. The molecule has 8 nitrogen and oxygen atoms in total. The minimum Gasteiger partial charge on any atom is -0.354 e. The average molecular weight is 467 g/mol. The van der Waals surface area contributed by atoms with Crippen molar-refractivity contribution in [2.75, 3.05) is 12.4 Å². The minimum atomic E-state index is -4.83. The Hall–Kier alpha value is -3.21. The molecule has 12 heteroatoms. The molecule has 4 rings (SSSR count). The first kappa shape index (κ1) is 22.0. The van der Waals surface area contributed by atoms with Gasteiger partial charge in [0.1, 0.15) is 5.69 Å². The summed E-state index contributed by atoms with van der Waals surface area (Å²) in [6.45, 7) is 3.88. The fraction of sp³-hybridized carbons (Fsp3) is 0.350. The number of amides is 2. The molecule has 168 valence electrons. The molecule has 0 unspecified atom stereocenters. The van der Waals surface area contributed by atoms with Gasteiger partial charge in [-0.3, -0.25) is 9.59 Å². The van der Waals surface area contributed by atoms with Gasteiger partial charge in [0.25, 0.3) is 5.91 Å². The van der Waals surface area contributed by atoms with Crippen LogP contribution in [0.25, 0.3) is 5.65 Å². The Kier molecular flexibility index (Phi) is 5.11. The van der Waals surface area contributed by atoms with Crippen molar-refractivity contribution in [3.63, 3.8) is 0 Å². The third-order valence-corrected chi connectivity index (χ3v) is 5.62. The number of rotatable bonds is 3. The van der Waals surface area contributed by atoms with Crippen molar-refractivity contribution in [1.82, 2.24) is 24.9 Å². The molecule has 3 heterocycles. The standard InChI is InChI=1S/C20H18ClF3N6O2/c1-19(2)6-10(11-8-26-14-5-13(21)29-30(14)16(11)19)17(31)28-9-4-12(20(22,23)24)15(27-7-9)18(32)25-3/h4-5,7-8,10H,6H2,1-3H3,(H,25,32)(H,28,31)/t10-/m0/s1. The maximum absolute atomic E-state index is 13.5. The summed E-state index contributed by atoms with van der Waals surface area (Å²) in [7, 11) is 1.21. The SMILES string of the molecule is CNC(=O)c1ncc(NC(=O)[C@H]2CC(C)(C)c3c2cnc2cc(Cl)nn32)cc1C(F)(F)F. The molecule has 2 N–H and O–H groups in total. The van der Waals surface area contributed by atoms with Crippen LogP contribution in [0.15, 0.2) is 24.5 Å². The highest BCUT2D eigenvalue weighted by Crippen LogP contribution is 2.46. The summed E-state index contributed by atoms with van der Waals surface area (Å²) < 4.78 is 41.9. The first-order valence-electron chi connectivity index (χ1n) is 9.57. The molecule has 0 radical (unpaired) electrons.